The van der Waals surface area contributed by atoms with Gasteiger partial charge in [-0.05, 0) is 45.0 Å². The van der Waals surface area contributed by atoms with Gasteiger partial charge in [0.15, 0.2) is 0 Å². The quantitative estimate of drug-likeness (QED) is 0.840. The Hall–Kier alpha value is -1.63. The predicted octanol–water partition coefficient (Wildman–Crippen LogP) is 2.59. The van der Waals surface area contributed by atoms with Crippen LogP contribution in [0.5, 0.6) is 5.75 Å². The van der Waals surface area contributed by atoms with E-state index in [1.807, 2.05) is 24.3 Å². The second kappa shape index (κ2) is 8.29. The van der Waals surface area contributed by atoms with Crippen LogP contribution in [0.3, 0.4) is 0 Å². The van der Waals surface area contributed by atoms with Crippen molar-refractivity contribution in [1.82, 2.24) is 15.5 Å². The summed E-state index contributed by atoms with van der Waals surface area (Å²) < 4.78 is 10.5. The molecule has 2 aromatic rings. The fraction of sp³-hybridized carbons (Fsp3) is 0.500. The molecule has 0 aliphatic heterocycles. The summed E-state index contributed by atoms with van der Waals surface area (Å²) in [5, 5.41) is 17.0. The third-order valence-electron chi connectivity index (χ3n) is 2.95. The van der Waals surface area contributed by atoms with Crippen LogP contribution < -0.4 is 10.1 Å². The van der Waals surface area contributed by atoms with Crippen molar-refractivity contribution in [2.75, 3.05) is 13.2 Å². The summed E-state index contributed by atoms with van der Waals surface area (Å²) in [5.74, 6) is 1.78. The first kappa shape index (κ1) is 19.4. The normalized spacial score (nSPS) is 12.6. The molecule has 1 aromatic carbocycles. The summed E-state index contributed by atoms with van der Waals surface area (Å²) >= 11 is 0. The van der Waals surface area contributed by atoms with Gasteiger partial charge in [0.1, 0.15) is 18.5 Å². The fourth-order valence-corrected chi connectivity index (χ4v) is 1.79. The standard InChI is InChI=1S/C16H23N3O3.ClH/c1-11-18-15(19-22-11)12-5-7-14(8-6-12)21-10-13(20)9-17-16(2,3)4;/h5-8,13,17,20H,9-10H2,1-4H3;1H. The molecule has 0 bridgehead atoms. The molecule has 7 heteroatoms. The van der Waals surface area contributed by atoms with E-state index in [1.54, 1.807) is 6.92 Å². The van der Waals surface area contributed by atoms with Crippen LogP contribution in [0.25, 0.3) is 11.4 Å². The van der Waals surface area contributed by atoms with E-state index in [-0.39, 0.29) is 24.6 Å². The van der Waals surface area contributed by atoms with Gasteiger partial charge in [-0.1, -0.05) is 5.16 Å². The van der Waals surface area contributed by atoms with Crippen molar-refractivity contribution in [2.45, 2.75) is 39.3 Å². The van der Waals surface area contributed by atoms with Gasteiger partial charge in [-0.3, -0.25) is 0 Å². The monoisotopic (exact) mass is 341 g/mol. The van der Waals surface area contributed by atoms with Gasteiger partial charge in [-0.2, -0.15) is 4.98 Å². The number of benzene rings is 1. The molecule has 1 atom stereocenters. The highest BCUT2D eigenvalue weighted by Gasteiger charge is 2.12. The maximum atomic E-state index is 9.89. The smallest absolute Gasteiger partial charge is 0.223 e. The molecule has 2 N–H and O–H groups in total. The van der Waals surface area contributed by atoms with Gasteiger partial charge in [0.2, 0.25) is 11.7 Å². The van der Waals surface area contributed by atoms with Gasteiger partial charge < -0.3 is 19.7 Å². The second-order valence-corrected chi connectivity index (χ2v) is 6.26. The van der Waals surface area contributed by atoms with Crippen molar-refractivity contribution >= 4 is 12.4 Å². The zero-order valence-corrected chi connectivity index (χ0v) is 14.7. The summed E-state index contributed by atoms with van der Waals surface area (Å²) in [6.45, 7) is 8.64. The second-order valence-electron chi connectivity index (χ2n) is 6.26. The van der Waals surface area contributed by atoms with Crippen LogP contribution in [0.2, 0.25) is 0 Å². The Labute approximate surface area is 142 Å². The lowest BCUT2D eigenvalue weighted by molar-refractivity contribution is 0.100. The molecule has 0 saturated carbocycles. The number of hydrogen-bond acceptors (Lipinski definition) is 6. The van der Waals surface area contributed by atoms with Crippen molar-refractivity contribution in [3.05, 3.63) is 30.2 Å². The lowest BCUT2D eigenvalue weighted by Crippen LogP contribution is -2.42. The number of β-amino-alcohol motifs (C(OH)–C–C–N with tert-alkyl or cyclic N) is 1. The van der Waals surface area contributed by atoms with E-state index in [4.69, 9.17) is 9.26 Å². The summed E-state index contributed by atoms with van der Waals surface area (Å²) in [7, 11) is 0. The first-order valence-corrected chi connectivity index (χ1v) is 7.30. The van der Waals surface area contributed by atoms with Gasteiger partial charge in [0, 0.05) is 24.6 Å². The van der Waals surface area contributed by atoms with E-state index in [0.717, 1.165) is 5.56 Å². The van der Waals surface area contributed by atoms with Crippen molar-refractivity contribution < 1.29 is 14.4 Å². The fourth-order valence-electron chi connectivity index (χ4n) is 1.79. The third kappa shape index (κ3) is 6.56. The molecule has 128 valence electrons. The number of halogens is 1. The number of aliphatic hydroxyl groups excluding tert-OH is 1. The molecule has 23 heavy (non-hydrogen) atoms. The average molecular weight is 342 g/mol. The SMILES string of the molecule is Cc1nc(-c2ccc(OCC(O)CNC(C)(C)C)cc2)no1.Cl. The molecule has 0 radical (unpaired) electrons. The molecule has 0 aliphatic rings. The molecule has 1 aromatic heterocycles. The Morgan fingerprint density at radius 2 is 1.91 bits per heavy atom. The number of hydrogen-bond donors (Lipinski definition) is 2. The average Bonchev–Trinajstić information content (AvgIpc) is 2.89. The topological polar surface area (TPSA) is 80.4 Å². The van der Waals surface area contributed by atoms with Gasteiger partial charge in [0.05, 0.1) is 0 Å². The summed E-state index contributed by atoms with van der Waals surface area (Å²) in [5.41, 5.74) is 0.838. The number of aromatic nitrogens is 2. The lowest BCUT2D eigenvalue weighted by atomic mass is 10.1. The first-order valence-electron chi connectivity index (χ1n) is 7.30. The zero-order chi connectivity index (χ0) is 16.2. The third-order valence-corrected chi connectivity index (χ3v) is 2.95. The van der Waals surface area contributed by atoms with Crippen LogP contribution in [-0.2, 0) is 0 Å². The molecule has 0 fully saturated rings. The Bertz CT molecular complexity index is 593. The Kier molecular flexibility index (Phi) is 7.00. The Morgan fingerprint density at radius 1 is 1.26 bits per heavy atom. The molecule has 2 rings (SSSR count). The van der Waals surface area contributed by atoms with E-state index in [2.05, 4.69) is 36.2 Å². The largest absolute Gasteiger partial charge is 0.491 e. The minimum atomic E-state index is -0.557. The number of aliphatic hydroxyl groups is 1. The van der Waals surface area contributed by atoms with E-state index < -0.39 is 6.10 Å². The molecule has 0 spiro atoms. The summed E-state index contributed by atoms with van der Waals surface area (Å²) in [6, 6.07) is 7.37. The maximum absolute atomic E-state index is 9.89. The van der Waals surface area contributed by atoms with Crippen molar-refractivity contribution in [2.24, 2.45) is 0 Å². The van der Waals surface area contributed by atoms with E-state index in [9.17, 15) is 5.11 Å². The van der Waals surface area contributed by atoms with E-state index >= 15 is 0 Å². The minimum absolute atomic E-state index is 0. The number of nitrogens with one attached hydrogen (secondary N) is 1. The number of ether oxygens (including phenoxy) is 1. The van der Waals surface area contributed by atoms with Crippen molar-refractivity contribution in [1.29, 1.82) is 0 Å². The Balaban J connectivity index is 0.00000264. The molecule has 0 aliphatic carbocycles. The van der Waals surface area contributed by atoms with Crippen molar-refractivity contribution in [3.8, 4) is 17.1 Å². The minimum Gasteiger partial charge on any atom is -0.491 e. The summed E-state index contributed by atoms with van der Waals surface area (Å²) in [6.07, 6.45) is -0.557. The van der Waals surface area contributed by atoms with Crippen LogP contribution in [0.15, 0.2) is 28.8 Å². The highest BCUT2D eigenvalue weighted by Crippen LogP contribution is 2.19. The molecule has 1 unspecified atom stereocenters. The van der Waals surface area contributed by atoms with Crippen LogP contribution in [0, 0.1) is 6.92 Å². The molecule has 1 heterocycles. The van der Waals surface area contributed by atoms with Crippen LogP contribution in [0.4, 0.5) is 0 Å². The van der Waals surface area contributed by atoms with Crippen molar-refractivity contribution in [3.63, 3.8) is 0 Å². The van der Waals surface area contributed by atoms with E-state index in [0.29, 0.717) is 24.0 Å². The van der Waals surface area contributed by atoms with Crippen LogP contribution >= 0.6 is 12.4 Å². The highest BCUT2D eigenvalue weighted by atomic mass is 35.5. The molecular weight excluding hydrogens is 318 g/mol. The first-order chi connectivity index (χ1) is 10.3. The van der Waals surface area contributed by atoms with Crippen LogP contribution in [-0.4, -0.2) is 40.0 Å². The lowest BCUT2D eigenvalue weighted by Gasteiger charge is -2.22. The Morgan fingerprint density at radius 3 is 2.43 bits per heavy atom. The number of rotatable bonds is 6. The number of aryl methyl sites for hydroxylation is 1. The zero-order valence-electron chi connectivity index (χ0n) is 13.9. The predicted molar refractivity (Wildman–Crippen MR) is 91.0 cm³/mol. The number of nitrogens with zero attached hydrogens (tertiary/aromatic N) is 2. The van der Waals surface area contributed by atoms with Gasteiger partial charge in [-0.15, -0.1) is 12.4 Å². The molecule has 0 amide bonds. The van der Waals surface area contributed by atoms with E-state index in [1.165, 1.54) is 0 Å². The van der Waals surface area contributed by atoms with Gasteiger partial charge >= 0.3 is 0 Å². The highest BCUT2D eigenvalue weighted by molar-refractivity contribution is 5.85. The maximum Gasteiger partial charge on any atom is 0.223 e. The van der Waals surface area contributed by atoms with Gasteiger partial charge in [-0.25, -0.2) is 0 Å². The molecule has 6 nitrogen and oxygen atoms in total. The van der Waals surface area contributed by atoms with Crippen LogP contribution in [0.1, 0.15) is 26.7 Å². The summed E-state index contributed by atoms with van der Waals surface area (Å²) in [4.78, 5) is 4.17. The molecule has 0 saturated heterocycles. The molecular formula is C16H24ClN3O3. The van der Waals surface area contributed by atoms with Gasteiger partial charge in [0.25, 0.3) is 0 Å².